The van der Waals surface area contributed by atoms with Crippen LogP contribution in [0.25, 0.3) is 0 Å². The fraction of sp³-hybridized carbons (Fsp3) is 0.286. The van der Waals surface area contributed by atoms with Crippen molar-refractivity contribution in [3.63, 3.8) is 0 Å². The van der Waals surface area contributed by atoms with Crippen LogP contribution in [0.1, 0.15) is 26.3 Å². The lowest BCUT2D eigenvalue weighted by Crippen LogP contribution is -2.39. The highest BCUT2D eigenvalue weighted by Crippen LogP contribution is 2.32. The quantitative estimate of drug-likeness (QED) is 0.260. The van der Waals surface area contributed by atoms with Gasteiger partial charge in [0.25, 0.3) is 0 Å². The number of hydrogen-bond donors (Lipinski definition) is 1. The van der Waals surface area contributed by atoms with Crippen molar-refractivity contribution < 1.29 is 13.6 Å². The van der Waals surface area contributed by atoms with Gasteiger partial charge in [0.05, 0.1) is 16.5 Å². The van der Waals surface area contributed by atoms with E-state index in [0.29, 0.717) is 16.4 Å². The highest BCUT2D eigenvalue weighted by atomic mass is 35.5. The van der Waals surface area contributed by atoms with E-state index < -0.39 is 17.0 Å². The second kappa shape index (κ2) is 11.4. The zero-order chi connectivity index (χ0) is 24.1. The topological polar surface area (TPSA) is 57.1 Å². The number of benzene rings is 2. The second-order valence-electron chi connectivity index (χ2n) is 7.57. The van der Waals surface area contributed by atoms with E-state index >= 15 is 0 Å². The summed E-state index contributed by atoms with van der Waals surface area (Å²) in [5, 5.41) is 0.587. The molecule has 11 heteroatoms. The molecule has 0 aromatic heterocycles. The molecular formula is C21H22Cl2F2N4OS2. The van der Waals surface area contributed by atoms with E-state index in [2.05, 4.69) is 20.8 Å². The van der Waals surface area contributed by atoms with Crippen molar-refractivity contribution in [1.29, 1.82) is 0 Å². The van der Waals surface area contributed by atoms with Crippen molar-refractivity contribution in [3.05, 3.63) is 57.6 Å². The number of amides is 1. The maximum atomic E-state index is 14.8. The van der Waals surface area contributed by atoms with E-state index in [1.165, 1.54) is 35.2 Å². The maximum Gasteiger partial charge on any atom is 0.232 e. The summed E-state index contributed by atoms with van der Waals surface area (Å²) in [5.74, 6) is -1.39. The average Bonchev–Trinajstić information content (AvgIpc) is 2.72. The summed E-state index contributed by atoms with van der Waals surface area (Å²) in [6, 6.07) is 6.70. The van der Waals surface area contributed by atoms with Gasteiger partial charge in [-0.25, -0.2) is 13.2 Å². The van der Waals surface area contributed by atoms with Gasteiger partial charge in [-0.3, -0.25) is 9.79 Å². The number of aliphatic imine (C=N–C) groups is 1. The molecule has 2 aromatic rings. The minimum Gasteiger partial charge on any atom is -0.307 e. The standard InChI is InChI=1S/C21H22Cl2F2N4OS2/c1-21(2,3)19(30)29(13-6-7-16(24)15(23)9-13)11-12-8-17(25)18(10-14(12)22)31-28-20(26-4)32-27-5/h6-10H,5,11H2,1-4H3,(H,26,28). The molecule has 0 aliphatic rings. The fourth-order valence-corrected chi connectivity index (χ4v) is 4.11. The van der Waals surface area contributed by atoms with Crippen molar-refractivity contribution in [2.45, 2.75) is 32.2 Å². The normalized spacial score (nSPS) is 11.9. The van der Waals surface area contributed by atoms with Crippen LogP contribution >= 0.6 is 47.1 Å². The molecule has 0 saturated heterocycles. The van der Waals surface area contributed by atoms with Gasteiger partial charge in [-0.1, -0.05) is 44.0 Å². The number of anilines is 1. The van der Waals surface area contributed by atoms with Gasteiger partial charge in [-0.05, 0) is 54.6 Å². The van der Waals surface area contributed by atoms with Crippen LogP contribution in [0.3, 0.4) is 0 Å². The number of halogens is 4. The Kier molecular flexibility index (Phi) is 9.39. The Bertz CT molecular complexity index is 1050. The van der Waals surface area contributed by atoms with Crippen LogP contribution in [0, 0.1) is 17.0 Å². The lowest BCUT2D eigenvalue weighted by Gasteiger charge is -2.30. The molecule has 2 aromatic carbocycles. The number of rotatable bonds is 6. The van der Waals surface area contributed by atoms with E-state index in [4.69, 9.17) is 23.2 Å². The Morgan fingerprint density at radius 1 is 1.16 bits per heavy atom. The smallest absolute Gasteiger partial charge is 0.232 e. The predicted octanol–water partition coefficient (Wildman–Crippen LogP) is 6.78. The molecule has 0 radical (unpaired) electrons. The number of amidine groups is 1. The largest absolute Gasteiger partial charge is 0.307 e. The predicted molar refractivity (Wildman–Crippen MR) is 133 cm³/mol. The molecule has 1 N–H and O–H groups in total. The summed E-state index contributed by atoms with van der Waals surface area (Å²) in [6.45, 7) is 8.61. The van der Waals surface area contributed by atoms with Gasteiger partial charge in [-0.15, -0.1) is 0 Å². The molecule has 0 saturated carbocycles. The number of nitrogens with one attached hydrogen (secondary N) is 1. The monoisotopic (exact) mass is 518 g/mol. The minimum atomic E-state index is -0.752. The number of nitrogens with zero attached hydrogens (tertiary/aromatic N) is 3. The molecule has 0 aliphatic carbocycles. The van der Waals surface area contributed by atoms with Gasteiger partial charge in [0.2, 0.25) is 5.91 Å². The van der Waals surface area contributed by atoms with E-state index in [9.17, 15) is 13.6 Å². The van der Waals surface area contributed by atoms with Crippen LogP contribution < -0.4 is 9.62 Å². The molecule has 0 aliphatic heterocycles. The molecule has 0 bridgehead atoms. The molecule has 0 spiro atoms. The summed E-state index contributed by atoms with van der Waals surface area (Å²) in [7, 11) is 1.57. The second-order valence-corrected chi connectivity index (χ2v) is 10.1. The third-order valence-corrected chi connectivity index (χ3v) is 6.32. The fourth-order valence-electron chi connectivity index (χ4n) is 2.54. The Morgan fingerprint density at radius 2 is 1.84 bits per heavy atom. The number of carbonyl (C=O) groups is 1. The molecule has 172 valence electrons. The Hall–Kier alpha value is -1.81. The zero-order valence-corrected chi connectivity index (χ0v) is 21.0. The summed E-state index contributed by atoms with van der Waals surface area (Å²) < 4.78 is 35.0. The molecule has 32 heavy (non-hydrogen) atoms. The van der Waals surface area contributed by atoms with Crippen LogP contribution in [-0.2, 0) is 11.3 Å². The summed E-state index contributed by atoms with van der Waals surface area (Å²) in [5.41, 5.74) is 0.0157. The summed E-state index contributed by atoms with van der Waals surface area (Å²) in [4.78, 5) is 18.7. The van der Waals surface area contributed by atoms with E-state index in [1.54, 1.807) is 27.8 Å². The molecule has 1 amide bonds. The molecular weight excluding hydrogens is 497 g/mol. The van der Waals surface area contributed by atoms with Gasteiger partial charge in [-0.2, -0.15) is 0 Å². The molecule has 0 unspecified atom stereocenters. The first-order valence-corrected chi connectivity index (χ1v) is 11.6. The first-order chi connectivity index (χ1) is 15.0. The van der Waals surface area contributed by atoms with E-state index in [0.717, 1.165) is 23.9 Å². The van der Waals surface area contributed by atoms with E-state index in [-0.39, 0.29) is 27.4 Å². The first-order valence-electron chi connectivity index (χ1n) is 9.25. The number of carbonyl (C=O) groups excluding carboxylic acids is 1. The van der Waals surface area contributed by atoms with Crippen molar-refractivity contribution >= 4 is 70.6 Å². The molecule has 0 heterocycles. The third kappa shape index (κ3) is 6.84. The van der Waals surface area contributed by atoms with Crippen LogP contribution in [0.2, 0.25) is 10.0 Å². The Morgan fingerprint density at radius 3 is 2.41 bits per heavy atom. The summed E-state index contributed by atoms with van der Waals surface area (Å²) >= 11 is 14.3. The molecule has 0 fully saturated rings. The van der Waals surface area contributed by atoms with Crippen LogP contribution in [-0.4, -0.2) is 24.8 Å². The van der Waals surface area contributed by atoms with Crippen LogP contribution in [0.5, 0.6) is 0 Å². The van der Waals surface area contributed by atoms with Gasteiger partial charge in [0, 0.05) is 35.1 Å². The van der Waals surface area contributed by atoms with Gasteiger partial charge >= 0.3 is 0 Å². The first kappa shape index (κ1) is 26.4. The van der Waals surface area contributed by atoms with Gasteiger partial charge in [0.1, 0.15) is 11.6 Å². The highest BCUT2D eigenvalue weighted by Gasteiger charge is 2.29. The lowest BCUT2D eigenvalue weighted by molar-refractivity contribution is -0.125. The molecule has 0 atom stereocenters. The SMILES string of the molecule is C=NSC(=NC)NSc1cc(Cl)c(CN(C(=O)C(C)(C)C)c2ccc(F)c(Cl)c2)cc1F. The summed E-state index contributed by atoms with van der Waals surface area (Å²) in [6.07, 6.45) is 0. The lowest BCUT2D eigenvalue weighted by atomic mass is 9.94. The molecule has 5 nitrogen and oxygen atoms in total. The third-order valence-electron chi connectivity index (χ3n) is 4.13. The van der Waals surface area contributed by atoms with Gasteiger partial charge < -0.3 is 9.62 Å². The molecule has 2 rings (SSSR count). The number of hydrogen-bond acceptors (Lipinski definition) is 5. The Balaban J connectivity index is 2.36. The minimum absolute atomic E-state index is 0.0237. The van der Waals surface area contributed by atoms with Crippen LogP contribution in [0.4, 0.5) is 14.5 Å². The average molecular weight is 519 g/mol. The van der Waals surface area contributed by atoms with Crippen molar-refractivity contribution in [1.82, 2.24) is 4.72 Å². The van der Waals surface area contributed by atoms with Gasteiger partial charge in [0.15, 0.2) is 5.17 Å². The Labute approximate surface area is 204 Å². The zero-order valence-electron chi connectivity index (χ0n) is 17.9. The maximum absolute atomic E-state index is 14.8. The van der Waals surface area contributed by atoms with Crippen molar-refractivity contribution in [2.75, 3.05) is 11.9 Å². The van der Waals surface area contributed by atoms with Crippen molar-refractivity contribution in [2.24, 2.45) is 14.8 Å². The highest BCUT2D eigenvalue weighted by molar-refractivity contribution is 8.14. The van der Waals surface area contributed by atoms with Crippen molar-refractivity contribution in [3.8, 4) is 0 Å². The van der Waals surface area contributed by atoms with Crippen LogP contribution in [0.15, 0.2) is 44.6 Å². The van der Waals surface area contributed by atoms with E-state index in [1.807, 2.05) is 0 Å².